The van der Waals surface area contributed by atoms with Crippen LogP contribution in [0.25, 0.3) is 11.0 Å². The number of aromatic nitrogens is 3. The summed E-state index contributed by atoms with van der Waals surface area (Å²) >= 11 is 7.26. The minimum atomic E-state index is -0.0206. The minimum Gasteiger partial charge on any atom is -0.351 e. The van der Waals surface area contributed by atoms with Crippen LogP contribution in [0.5, 0.6) is 0 Å². The summed E-state index contributed by atoms with van der Waals surface area (Å²) in [5, 5.41) is 6.00. The van der Waals surface area contributed by atoms with Gasteiger partial charge in [0.15, 0.2) is 0 Å². The fourth-order valence-corrected chi connectivity index (χ4v) is 2.85. The minimum absolute atomic E-state index is 0.0206. The van der Waals surface area contributed by atoms with E-state index in [1.54, 1.807) is 6.20 Å². The topological polar surface area (TPSA) is 59.8 Å². The van der Waals surface area contributed by atoms with Gasteiger partial charge in [-0.2, -0.15) is 4.98 Å². The molecule has 0 radical (unpaired) electrons. The summed E-state index contributed by atoms with van der Waals surface area (Å²) in [5.74, 6) is -0.0206. The summed E-state index contributed by atoms with van der Waals surface area (Å²) in [6.07, 6.45) is 4.49. The Hall–Kier alpha value is -1.92. The number of halogens is 1. The van der Waals surface area contributed by atoms with E-state index < -0.39 is 0 Å². The maximum absolute atomic E-state index is 11.8. The van der Waals surface area contributed by atoms with Crippen LogP contribution in [0.3, 0.4) is 0 Å². The summed E-state index contributed by atoms with van der Waals surface area (Å²) in [7, 11) is 0. The molecule has 0 aliphatic heterocycles. The summed E-state index contributed by atoms with van der Waals surface area (Å²) in [4.78, 5) is 20.7. The third kappa shape index (κ3) is 3.22. The van der Waals surface area contributed by atoms with E-state index in [1.165, 1.54) is 11.3 Å². The maximum Gasteiger partial charge on any atom is 0.261 e. The summed E-state index contributed by atoms with van der Waals surface area (Å²) in [6.45, 7) is 1.39. The highest BCUT2D eigenvalue weighted by atomic mass is 35.5. The van der Waals surface area contributed by atoms with Crippen molar-refractivity contribution in [2.45, 2.75) is 13.0 Å². The van der Waals surface area contributed by atoms with Crippen LogP contribution in [0.2, 0.25) is 5.28 Å². The van der Waals surface area contributed by atoms with Crippen molar-refractivity contribution in [3.63, 3.8) is 0 Å². The van der Waals surface area contributed by atoms with Gasteiger partial charge in [-0.3, -0.25) is 4.79 Å². The smallest absolute Gasteiger partial charge is 0.261 e. The van der Waals surface area contributed by atoms with Gasteiger partial charge < -0.3 is 9.88 Å². The van der Waals surface area contributed by atoms with Crippen LogP contribution in [-0.4, -0.2) is 27.0 Å². The normalized spacial score (nSPS) is 10.9. The zero-order valence-corrected chi connectivity index (χ0v) is 12.7. The fourth-order valence-electron chi connectivity index (χ4n) is 2.08. The molecule has 0 atom stereocenters. The van der Waals surface area contributed by atoms with E-state index in [2.05, 4.69) is 15.3 Å². The molecule has 0 saturated heterocycles. The monoisotopic (exact) mass is 320 g/mol. The van der Waals surface area contributed by atoms with Gasteiger partial charge in [0.05, 0.1) is 4.88 Å². The molecule has 7 heteroatoms. The van der Waals surface area contributed by atoms with Gasteiger partial charge in [0.1, 0.15) is 5.65 Å². The molecule has 0 bridgehead atoms. The highest BCUT2D eigenvalue weighted by Crippen LogP contribution is 2.14. The van der Waals surface area contributed by atoms with E-state index >= 15 is 0 Å². The Morgan fingerprint density at radius 2 is 2.33 bits per heavy atom. The molecular weight excluding hydrogens is 308 g/mol. The van der Waals surface area contributed by atoms with Crippen LogP contribution >= 0.6 is 22.9 Å². The first-order valence-electron chi connectivity index (χ1n) is 6.53. The molecule has 0 aliphatic carbocycles. The number of carbonyl (C=O) groups excluding carboxylic acids is 1. The summed E-state index contributed by atoms with van der Waals surface area (Å²) in [5.41, 5.74) is 0.819. The number of fused-ring (bicyclic) bond motifs is 1. The number of thiophene rings is 1. The highest BCUT2D eigenvalue weighted by Gasteiger charge is 2.06. The Morgan fingerprint density at radius 3 is 3.14 bits per heavy atom. The molecule has 3 aromatic heterocycles. The summed E-state index contributed by atoms with van der Waals surface area (Å²) in [6, 6.07) is 5.64. The number of hydrogen-bond acceptors (Lipinski definition) is 4. The standard InChI is InChI=1S/C14H13ClN4OS/c15-14-17-9-10-4-7-19(12(10)18-14)6-2-5-16-13(20)11-3-1-8-21-11/h1,3-4,7-9H,2,5-6H2,(H,16,20). The first-order chi connectivity index (χ1) is 10.2. The van der Waals surface area contributed by atoms with E-state index in [9.17, 15) is 4.79 Å². The quantitative estimate of drug-likeness (QED) is 0.581. The molecule has 0 aliphatic rings. The third-order valence-corrected chi connectivity index (χ3v) is 4.13. The van der Waals surface area contributed by atoms with Gasteiger partial charge in [-0.1, -0.05) is 6.07 Å². The molecule has 5 nitrogen and oxygen atoms in total. The maximum atomic E-state index is 11.8. The van der Waals surface area contributed by atoms with Crippen LogP contribution in [0.4, 0.5) is 0 Å². The lowest BCUT2D eigenvalue weighted by Crippen LogP contribution is -2.24. The molecular formula is C14H13ClN4OS. The second kappa shape index (κ2) is 6.24. The molecule has 1 N–H and O–H groups in total. The number of nitrogens with one attached hydrogen (secondary N) is 1. The lowest BCUT2D eigenvalue weighted by atomic mass is 10.4. The van der Waals surface area contributed by atoms with Gasteiger partial charge in [-0.25, -0.2) is 4.98 Å². The zero-order valence-electron chi connectivity index (χ0n) is 11.1. The van der Waals surface area contributed by atoms with Crippen molar-refractivity contribution in [1.82, 2.24) is 19.9 Å². The number of nitrogens with zero attached hydrogens (tertiary/aromatic N) is 3. The van der Waals surface area contributed by atoms with E-state index in [0.29, 0.717) is 6.54 Å². The number of aryl methyl sites for hydroxylation is 1. The molecule has 0 fully saturated rings. The van der Waals surface area contributed by atoms with Gasteiger partial charge in [0.2, 0.25) is 5.28 Å². The number of hydrogen-bond donors (Lipinski definition) is 1. The Bertz CT molecular complexity index is 754. The predicted molar refractivity (Wildman–Crippen MR) is 83.8 cm³/mol. The van der Waals surface area contributed by atoms with Crippen molar-refractivity contribution < 1.29 is 4.79 Å². The Labute approximate surface area is 130 Å². The third-order valence-electron chi connectivity index (χ3n) is 3.08. The van der Waals surface area contributed by atoms with Crippen LogP contribution in [-0.2, 0) is 6.54 Å². The Balaban J connectivity index is 1.55. The van der Waals surface area contributed by atoms with Crippen molar-refractivity contribution in [2.75, 3.05) is 6.54 Å². The fraction of sp³-hybridized carbons (Fsp3) is 0.214. The van der Waals surface area contributed by atoms with E-state index in [0.717, 1.165) is 28.9 Å². The van der Waals surface area contributed by atoms with Gasteiger partial charge in [0, 0.05) is 30.9 Å². The van der Waals surface area contributed by atoms with Crippen LogP contribution in [0.15, 0.2) is 36.0 Å². The average Bonchev–Trinajstić information content (AvgIpc) is 3.13. The van der Waals surface area contributed by atoms with E-state index in [-0.39, 0.29) is 11.2 Å². The number of rotatable bonds is 5. The SMILES string of the molecule is O=C(NCCCn1ccc2cnc(Cl)nc21)c1cccs1. The van der Waals surface area contributed by atoms with Crippen LogP contribution in [0.1, 0.15) is 16.1 Å². The molecule has 0 aromatic carbocycles. The van der Waals surface area contributed by atoms with Crippen molar-refractivity contribution in [1.29, 1.82) is 0 Å². The first kappa shape index (κ1) is 14.0. The predicted octanol–water partition coefficient (Wildman–Crippen LogP) is 2.97. The summed E-state index contributed by atoms with van der Waals surface area (Å²) < 4.78 is 2.01. The second-order valence-corrected chi connectivity index (χ2v) is 5.80. The number of carbonyl (C=O) groups is 1. The molecule has 3 aromatic rings. The number of amides is 1. The lowest BCUT2D eigenvalue weighted by molar-refractivity contribution is 0.0957. The first-order valence-corrected chi connectivity index (χ1v) is 7.79. The average molecular weight is 321 g/mol. The molecule has 0 saturated carbocycles. The highest BCUT2D eigenvalue weighted by molar-refractivity contribution is 7.12. The second-order valence-electron chi connectivity index (χ2n) is 4.51. The lowest BCUT2D eigenvalue weighted by Gasteiger charge is -2.06. The molecule has 3 rings (SSSR count). The van der Waals surface area contributed by atoms with Crippen molar-refractivity contribution in [3.8, 4) is 0 Å². The van der Waals surface area contributed by atoms with Crippen LogP contribution < -0.4 is 5.32 Å². The molecule has 21 heavy (non-hydrogen) atoms. The van der Waals surface area contributed by atoms with Gasteiger partial charge in [-0.15, -0.1) is 11.3 Å². The van der Waals surface area contributed by atoms with Crippen molar-refractivity contribution in [3.05, 3.63) is 46.1 Å². The van der Waals surface area contributed by atoms with Gasteiger partial charge in [-0.05, 0) is 35.5 Å². The molecule has 108 valence electrons. The Morgan fingerprint density at radius 1 is 1.43 bits per heavy atom. The van der Waals surface area contributed by atoms with Gasteiger partial charge in [0.25, 0.3) is 5.91 Å². The van der Waals surface area contributed by atoms with E-state index in [4.69, 9.17) is 11.6 Å². The molecule has 0 spiro atoms. The molecule has 3 heterocycles. The van der Waals surface area contributed by atoms with Crippen molar-refractivity contribution in [2.24, 2.45) is 0 Å². The molecule has 1 amide bonds. The van der Waals surface area contributed by atoms with Crippen molar-refractivity contribution >= 4 is 39.9 Å². The van der Waals surface area contributed by atoms with E-state index in [1.807, 2.05) is 34.3 Å². The molecule has 0 unspecified atom stereocenters. The van der Waals surface area contributed by atoms with Crippen LogP contribution in [0, 0.1) is 0 Å². The largest absolute Gasteiger partial charge is 0.351 e. The van der Waals surface area contributed by atoms with Gasteiger partial charge >= 0.3 is 0 Å². The zero-order chi connectivity index (χ0) is 14.7. The Kier molecular flexibility index (Phi) is 4.17.